The van der Waals surface area contributed by atoms with E-state index in [1.807, 2.05) is 146 Å². The number of rotatable bonds is 38. The lowest BCUT2D eigenvalue weighted by atomic mass is 10.0. The van der Waals surface area contributed by atoms with Crippen molar-refractivity contribution in [3.63, 3.8) is 0 Å². The van der Waals surface area contributed by atoms with Crippen molar-refractivity contribution in [3.05, 3.63) is 207 Å². The van der Waals surface area contributed by atoms with Crippen molar-refractivity contribution in [1.82, 2.24) is 0 Å². The molecule has 18 N–H and O–H groups in total. The number of hydrogen-bond donors (Lipinski definition) is 12. The molecule has 636 valence electrons. The molecule has 30 nitrogen and oxygen atoms in total. The monoisotopic (exact) mass is 1640 g/mol. The molecular weight excluding hydrogens is 1520 g/mol. The third kappa shape index (κ3) is 38.4. The van der Waals surface area contributed by atoms with Gasteiger partial charge in [0, 0.05) is 29.9 Å². The van der Waals surface area contributed by atoms with Crippen LogP contribution in [0.25, 0.3) is 0 Å². The smallest absolute Gasteiger partial charge is 0.320 e. The maximum atomic E-state index is 10.7. The first-order valence-electron chi connectivity index (χ1n) is 39.3. The van der Waals surface area contributed by atoms with E-state index < -0.39 is 72.1 Å². The summed E-state index contributed by atoms with van der Waals surface area (Å²) in [7, 11) is 0. The second kappa shape index (κ2) is 53.3. The summed E-state index contributed by atoms with van der Waals surface area (Å²) in [6.07, 6.45) is 12.8. The number of carboxylic acids is 6. The van der Waals surface area contributed by atoms with E-state index in [9.17, 15) is 28.8 Å². The van der Waals surface area contributed by atoms with Crippen molar-refractivity contribution >= 4 is 47.6 Å². The fourth-order valence-electron chi connectivity index (χ4n) is 12.3. The van der Waals surface area contributed by atoms with Crippen LogP contribution in [0.2, 0.25) is 0 Å². The molecule has 6 saturated heterocycles. The van der Waals surface area contributed by atoms with E-state index in [1.54, 1.807) is 11.8 Å². The van der Waals surface area contributed by atoms with Gasteiger partial charge in [-0.05, 0) is 170 Å². The summed E-state index contributed by atoms with van der Waals surface area (Å²) in [5.41, 5.74) is 44.6. The van der Waals surface area contributed by atoms with E-state index in [2.05, 4.69) is 0 Å². The van der Waals surface area contributed by atoms with Gasteiger partial charge in [-0.25, -0.2) is 0 Å². The SMILES string of the molecule is NC(Cc1ccc(CC2OCCO2)cc1)C(=O)O.NC(Cc1ccc(CCC2OCCO2)cc1)C(=O)O.NC(Cc1ccc(CCC2OCCO2)cc1)C(=O)O.NC(Cc1ccc(CCCC2OCCO2)cc1)C(=O)O.NC(Cc1ccc(CCCCC2OCCO2)cc1)C(=O)O.NC(Cc1ccc(SCC2OCCO2)cc1)C(=O)O. The molecule has 0 amide bonds. The number of hydrogen-bond acceptors (Lipinski definition) is 25. The molecule has 6 aromatic rings. The number of carbonyl (C=O) groups is 6. The van der Waals surface area contributed by atoms with Crippen LogP contribution < -0.4 is 34.4 Å². The Balaban J connectivity index is 0.000000193. The molecule has 0 spiro atoms. The lowest BCUT2D eigenvalue weighted by Gasteiger charge is -2.10. The molecule has 0 aliphatic carbocycles. The average Bonchev–Trinajstić information content (AvgIpc) is 1.18. The van der Waals surface area contributed by atoms with E-state index in [1.165, 1.54) is 22.3 Å². The molecule has 31 heteroatoms. The van der Waals surface area contributed by atoms with Crippen molar-refractivity contribution in [1.29, 1.82) is 0 Å². The first kappa shape index (κ1) is 94.9. The summed E-state index contributed by atoms with van der Waals surface area (Å²) in [6.45, 7) is 8.16. The van der Waals surface area contributed by atoms with Gasteiger partial charge in [-0.1, -0.05) is 133 Å². The van der Waals surface area contributed by atoms with Crippen LogP contribution in [-0.4, -0.2) is 225 Å². The lowest BCUT2D eigenvalue weighted by molar-refractivity contribution is -0.139. The third-order valence-electron chi connectivity index (χ3n) is 19.0. The molecule has 0 aromatic heterocycles. The quantitative estimate of drug-likeness (QED) is 0.0143. The van der Waals surface area contributed by atoms with Gasteiger partial charge in [-0.2, -0.15) is 0 Å². The van der Waals surface area contributed by atoms with Gasteiger partial charge in [0.05, 0.1) is 79.3 Å². The number of ether oxygens (including phenoxy) is 12. The second-order valence-corrected chi connectivity index (χ2v) is 29.5. The largest absolute Gasteiger partial charge is 0.480 e. The highest BCUT2D eigenvalue weighted by Crippen LogP contribution is 2.24. The molecule has 0 radical (unpaired) electrons. The van der Waals surface area contributed by atoms with Crippen molar-refractivity contribution < 1.29 is 116 Å². The summed E-state index contributed by atoms with van der Waals surface area (Å²) < 4.78 is 64.5. The number of benzene rings is 6. The molecule has 6 aliphatic heterocycles. The predicted octanol–water partition coefficient (Wildman–Crippen LogP) is 6.62. The summed E-state index contributed by atoms with van der Waals surface area (Å²) in [6, 6.07) is 42.0. The number of carboxylic acid groups (broad SMARTS) is 6. The molecule has 6 aliphatic rings. The number of nitrogens with two attached hydrogens (primary N) is 6. The van der Waals surface area contributed by atoms with E-state index in [0.717, 1.165) is 120 Å². The zero-order chi connectivity index (χ0) is 83.4. The van der Waals surface area contributed by atoms with E-state index in [-0.39, 0.29) is 37.7 Å². The number of unbranched alkanes of at least 4 members (excludes halogenated alkanes) is 1. The summed E-state index contributed by atoms with van der Waals surface area (Å²) >= 11 is 1.65. The summed E-state index contributed by atoms with van der Waals surface area (Å²) in [5, 5.41) is 52.5. The van der Waals surface area contributed by atoms with Crippen LogP contribution in [0.4, 0.5) is 0 Å². The summed E-state index contributed by atoms with van der Waals surface area (Å²) in [4.78, 5) is 65.1. The highest BCUT2D eigenvalue weighted by Gasteiger charge is 2.23. The van der Waals surface area contributed by atoms with Crippen molar-refractivity contribution in [3.8, 4) is 0 Å². The molecular formula is C85H116N6O24S. The molecule has 116 heavy (non-hydrogen) atoms. The highest BCUT2D eigenvalue weighted by atomic mass is 32.2. The van der Waals surface area contributed by atoms with Crippen molar-refractivity contribution in [2.45, 2.75) is 194 Å². The van der Waals surface area contributed by atoms with Gasteiger partial charge in [0.1, 0.15) is 36.3 Å². The van der Waals surface area contributed by atoms with Crippen molar-refractivity contribution in [2.75, 3.05) is 85.0 Å². The maximum Gasteiger partial charge on any atom is 0.320 e. The van der Waals surface area contributed by atoms with Crippen LogP contribution in [-0.2, 0) is 156 Å². The molecule has 6 heterocycles. The van der Waals surface area contributed by atoms with Gasteiger partial charge in [0.2, 0.25) is 0 Å². The van der Waals surface area contributed by atoms with E-state index in [0.29, 0.717) is 124 Å². The molecule has 6 unspecified atom stereocenters. The Hall–Kier alpha value is -8.23. The fourth-order valence-corrected chi connectivity index (χ4v) is 13.2. The third-order valence-corrected chi connectivity index (χ3v) is 20.1. The minimum atomic E-state index is -0.980. The zero-order valence-corrected chi connectivity index (χ0v) is 66.4. The Morgan fingerprint density at radius 1 is 0.259 bits per heavy atom. The Kier molecular flexibility index (Phi) is 43.6. The molecule has 0 bridgehead atoms. The molecule has 6 fully saturated rings. The van der Waals surface area contributed by atoms with Crippen molar-refractivity contribution in [2.24, 2.45) is 34.4 Å². The maximum absolute atomic E-state index is 10.7. The van der Waals surface area contributed by atoms with Gasteiger partial charge in [-0.15, -0.1) is 11.8 Å². The molecule has 6 atom stereocenters. The first-order valence-corrected chi connectivity index (χ1v) is 40.3. The summed E-state index contributed by atoms with van der Waals surface area (Å²) in [5.74, 6) is -5.07. The van der Waals surface area contributed by atoms with Gasteiger partial charge in [0.25, 0.3) is 0 Å². The number of thioether (sulfide) groups is 1. The zero-order valence-electron chi connectivity index (χ0n) is 65.6. The molecule has 6 aromatic carbocycles. The fraction of sp³-hybridized carbons (Fsp3) is 0.506. The Morgan fingerprint density at radius 3 is 0.741 bits per heavy atom. The minimum Gasteiger partial charge on any atom is -0.480 e. The molecule has 0 saturated carbocycles. The first-order chi connectivity index (χ1) is 55.9. The average molecular weight is 1640 g/mol. The van der Waals surface area contributed by atoms with Crippen LogP contribution in [0, 0.1) is 0 Å². The topological polar surface area (TPSA) is 491 Å². The number of aliphatic carboxylic acids is 6. The Morgan fingerprint density at radius 2 is 0.466 bits per heavy atom. The van der Waals surface area contributed by atoms with Crippen LogP contribution >= 0.6 is 11.8 Å². The van der Waals surface area contributed by atoms with E-state index >= 15 is 0 Å². The van der Waals surface area contributed by atoms with Gasteiger partial charge >= 0.3 is 35.8 Å². The van der Waals surface area contributed by atoms with E-state index in [4.69, 9.17) is 122 Å². The lowest BCUT2D eigenvalue weighted by Crippen LogP contribution is -2.32. The van der Waals surface area contributed by atoms with Crippen LogP contribution in [0.15, 0.2) is 150 Å². The second-order valence-electron chi connectivity index (χ2n) is 28.4. The van der Waals surface area contributed by atoms with Crippen LogP contribution in [0.1, 0.15) is 106 Å². The minimum absolute atomic E-state index is 0.00937. The molecule has 12 rings (SSSR count). The highest BCUT2D eigenvalue weighted by molar-refractivity contribution is 7.99. The van der Waals surface area contributed by atoms with Gasteiger partial charge in [0.15, 0.2) is 37.7 Å². The normalized spacial score (nSPS) is 17.4. The van der Waals surface area contributed by atoms with Gasteiger partial charge < -0.3 is 122 Å². The van der Waals surface area contributed by atoms with Gasteiger partial charge in [-0.3, -0.25) is 28.8 Å². The number of aryl methyl sites for hydroxylation is 4. The predicted molar refractivity (Wildman–Crippen MR) is 430 cm³/mol. The standard InChI is InChI=1S/C16H23NO4.C15H21NO4.2C14H19NO4.C13H17NO4S.C13H17NO4/c17-14(16(18)19)11-13-7-5-12(6-8-13)3-1-2-4-15-20-9-10-21-15;16-13(15(17)18)10-12-6-4-11(5-7-12)2-1-3-14-19-8-9-20-14;2*15-12(14(16)17)9-11-3-1-10(2-4-11)5-6-13-18-7-8-19-13;14-11(13(15)16)7-9-1-3-10(4-2-9)19-8-12-17-5-6-18-12;14-11(13(15)16)7-9-1-3-10(4-2-9)8-12-17-5-6-18-12/h5-8,14-15H,1-4,9-11,17H2,(H,18,19);4-7,13-14H,1-3,8-10,16H2,(H,17,18);2*1-4,12-13H,5-9,15H2,(H,16,17);1-4,11-12H,5-8,14H2,(H,15,16);1-4,11-12H,5-8,14H2,(H,15,16). The van der Waals surface area contributed by atoms with Crippen LogP contribution in [0.5, 0.6) is 0 Å². The van der Waals surface area contributed by atoms with Crippen LogP contribution in [0.3, 0.4) is 0 Å². The Labute approximate surface area is 681 Å². The Bertz CT molecular complexity index is 3590.